The average Bonchev–Trinajstić information content (AvgIpc) is 3.11. The largest absolute Gasteiger partial charge is 0.257 e. The first-order chi connectivity index (χ1) is 14.4. The first kappa shape index (κ1) is 21.7. The molecule has 0 amide bonds. The van der Waals surface area contributed by atoms with Crippen molar-refractivity contribution in [2.45, 2.75) is 12.5 Å². The second-order valence-corrected chi connectivity index (χ2v) is 9.40. The van der Waals surface area contributed by atoms with Crippen LogP contribution in [0, 0.1) is 0 Å². The fraction of sp³-hybridized carbons (Fsp3) is 0.0870. The SMILES string of the molecule is Clc1ccc(/C=C/C2=NN(c3cccc(Br)c3)C(c3ccc(Cl)cc3Cl)C2)c(Cl)c1. The second-order valence-electron chi connectivity index (χ2n) is 6.80. The van der Waals surface area contributed by atoms with E-state index >= 15 is 0 Å². The van der Waals surface area contributed by atoms with Crippen LogP contribution in [0.15, 0.2) is 76.3 Å². The monoisotopic (exact) mass is 538 g/mol. The molecule has 1 aliphatic heterocycles. The number of allylic oxidation sites excluding steroid dienone is 1. The van der Waals surface area contributed by atoms with Gasteiger partial charge in [0.25, 0.3) is 0 Å². The Balaban J connectivity index is 1.70. The normalized spacial score (nSPS) is 16.4. The Bertz CT molecular complexity index is 1160. The zero-order valence-corrected chi connectivity index (χ0v) is 20.1. The highest BCUT2D eigenvalue weighted by Crippen LogP contribution is 2.40. The van der Waals surface area contributed by atoms with Crippen molar-refractivity contribution in [2.75, 3.05) is 5.01 Å². The quantitative estimate of drug-likeness (QED) is 0.322. The lowest BCUT2D eigenvalue weighted by Gasteiger charge is -2.25. The summed E-state index contributed by atoms with van der Waals surface area (Å²) in [5.74, 6) is 0. The first-order valence-electron chi connectivity index (χ1n) is 9.11. The highest BCUT2D eigenvalue weighted by molar-refractivity contribution is 9.10. The molecule has 3 aromatic carbocycles. The van der Waals surface area contributed by atoms with E-state index in [2.05, 4.69) is 15.9 Å². The summed E-state index contributed by atoms with van der Waals surface area (Å²) in [4.78, 5) is 0. The van der Waals surface area contributed by atoms with E-state index in [1.54, 1.807) is 12.1 Å². The first-order valence-corrected chi connectivity index (χ1v) is 11.4. The Kier molecular flexibility index (Phi) is 6.76. The smallest absolute Gasteiger partial charge is 0.0845 e. The van der Waals surface area contributed by atoms with E-state index in [1.165, 1.54) is 0 Å². The number of nitrogens with zero attached hydrogens (tertiary/aromatic N) is 2. The molecule has 30 heavy (non-hydrogen) atoms. The molecular formula is C23H15BrCl4N2. The van der Waals surface area contributed by atoms with Crippen LogP contribution in [0.2, 0.25) is 20.1 Å². The minimum absolute atomic E-state index is 0.0515. The third kappa shape index (κ3) is 4.87. The molecule has 1 atom stereocenters. The Labute approximate surface area is 203 Å². The van der Waals surface area contributed by atoms with E-state index in [9.17, 15) is 0 Å². The van der Waals surface area contributed by atoms with E-state index < -0.39 is 0 Å². The van der Waals surface area contributed by atoms with Crippen LogP contribution in [-0.2, 0) is 0 Å². The van der Waals surface area contributed by atoms with Crippen LogP contribution >= 0.6 is 62.3 Å². The van der Waals surface area contributed by atoms with E-state index in [0.717, 1.165) is 27.0 Å². The van der Waals surface area contributed by atoms with Crippen LogP contribution in [0.1, 0.15) is 23.6 Å². The van der Waals surface area contributed by atoms with Crippen molar-refractivity contribution in [3.8, 4) is 0 Å². The van der Waals surface area contributed by atoms with Gasteiger partial charge in [-0.15, -0.1) is 0 Å². The molecule has 0 N–H and O–H groups in total. The summed E-state index contributed by atoms with van der Waals surface area (Å²) in [7, 11) is 0. The minimum Gasteiger partial charge on any atom is -0.257 e. The number of hydrogen-bond acceptors (Lipinski definition) is 2. The summed E-state index contributed by atoms with van der Waals surface area (Å²) in [6.07, 6.45) is 4.61. The highest BCUT2D eigenvalue weighted by Gasteiger charge is 2.30. The zero-order chi connectivity index (χ0) is 21.3. The molecule has 3 aromatic rings. The van der Waals surface area contributed by atoms with Crippen molar-refractivity contribution < 1.29 is 0 Å². The molecule has 0 aliphatic carbocycles. The lowest BCUT2D eigenvalue weighted by Crippen LogP contribution is -2.18. The number of hydrogen-bond donors (Lipinski definition) is 0. The van der Waals surface area contributed by atoms with Gasteiger partial charge < -0.3 is 0 Å². The van der Waals surface area contributed by atoms with Gasteiger partial charge in [0.2, 0.25) is 0 Å². The van der Waals surface area contributed by atoms with Gasteiger partial charge in [-0.2, -0.15) is 5.10 Å². The third-order valence-corrected chi connectivity index (χ3v) is 6.36. The van der Waals surface area contributed by atoms with Gasteiger partial charge in [-0.05, 0) is 59.7 Å². The molecule has 4 rings (SSSR count). The Morgan fingerprint density at radius 1 is 0.867 bits per heavy atom. The van der Waals surface area contributed by atoms with Gasteiger partial charge in [0.05, 0.1) is 17.4 Å². The Morgan fingerprint density at radius 2 is 1.60 bits per heavy atom. The van der Waals surface area contributed by atoms with Crippen LogP contribution in [0.4, 0.5) is 5.69 Å². The highest BCUT2D eigenvalue weighted by atomic mass is 79.9. The number of halogens is 5. The van der Waals surface area contributed by atoms with Gasteiger partial charge in [-0.3, -0.25) is 5.01 Å². The van der Waals surface area contributed by atoms with Crippen LogP contribution < -0.4 is 5.01 Å². The third-order valence-electron chi connectivity index (χ3n) is 4.75. The number of benzene rings is 3. The average molecular weight is 541 g/mol. The van der Waals surface area contributed by atoms with E-state index in [1.807, 2.05) is 65.7 Å². The minimum atomic E-state index is -0.0515. The van der Waals surface area contributed by atoms with Crippen molar-refractivity contribution in [1.82, 2.24) is 0 Å². The Morgan fingerprint density at radius 3 is 2.30 bits per heavy atom. The van der Waals surface area contributed by atoms with E-state index in [0.29, 0.717) is 26.5 Å². The van der Waals surface area contributed by atoms with Crippen molar-refractivity contribution in [2.24, 2.45) is 5.10 Å². The molecule has 7 heteroatoms. The van der Waals surface area contributed by atoms with Gasteiger partial charge in [0.15, 0.2) is 0 Å². The maximum absolute atomic E-state index is 6.53. The van der Waals surface area contributed by atoms with Gasteiger partial charge in [-0.25, -0.2) is 0 Å². The summed E-state index contributed by atoms with van der Waals surface area (Å²) in [5.41, 5.74) is 3.73. The van der Waals surface area contributed by atoms with Gasteiger partial charge in [-0.1, -0.05) is 86.6 Å². The molecule has 0 saturated heterocycles. The van der Waals surface area contributed by atoms with Crippen LogP contribution in [0.5, 0.6) is 0 Å². The summed E-state index contributed by atoms with van der Waals surface area (Å²) in [6, 6.07) is 19.0. The standard InChI is InChI=1S/C23H15BrCl4N2/c24-15-2-1-3-19(10-15)30-23(20-9-7-17(26)12-22(20)28)13-18(29-30)8-5-14-4-6-16(25)11-21(14)27/h1-12,23H,13H2/b8-5+. The Hall–Kier alpha value is -1.49. The molecule has 0 spiro atoms. The predicted octanol–water partition coefficient (Wildman–Crippen LogP) is 9.08. The van der Waals surface area contributed by atoms with E-state index in [4.69, 9.17) is 51.5 Å². The van der Waals surface area contributed by atoms with Crippen molar-refractivity contribution >= 4 is 79.8 Å². The van der Waals surface area contributed by atoms with Crippen molar-refractivity contribution in [3.05, 3.63) is 102 Å². The summed E-state index contributed by atoms with van der Waals surface area (Å²) in [5, 5.41) is 9.28. The molecule has 152 valence electrons. The molecule has 1 unspecified atom stereocenters. The van der Waals surface area contributed by atoms with Crippen LogP contribution in [0.25, 0.3) is 6.08 Å². The van der Waals surface area contributed by atoms with Crippen molar-refractivity contribution in [1.29, 1.82) is 0 Å². The summed E-state index contributed by atoms with van der Waals surface area (Å²) >= 11 is 28.5. The molecule has 0 fully saturated rings. The second kappa shape index (κ2) is 9.33. The molecule has 0 saturated carbocycles. The lowest BCUT2D eigenvalue weighted by molar-refractivity contribution is 0.709. The van der Waals surface area contributed by atoms with Crippen LogP contribution in [0.3, 0.4) is 0 Å². The maximum atomic E-state index is 6.53. The van der Waals surface area contributed by atoms with E-state index in [-0.39, 0.29) is 6.04 Å². The number of anilines is 1. The molecule has 1 heterocycles. The number of rotatable bonds is 4. The fourth-order valence-corrected chi connectivity index (χ4v) is 4.72. The molecule has 0 radical (unpaired) electrons. The summed E-state index contributed by atoms with van der Waals surface area (Å²) in [6.45, 7) is 0. The molecular weight excluding hydrogens is 526 g/mol. The number of hydrazone groups is 1. The van der Waals surface area contributed by atoms with Gasteiger partial charge in [0.1, 0.15) is 0 Å². The molecule has 1 aliphatic rings. The van der Waals surface area contributed by atoms with Crippen LogP contribution in [-0.4, -0.2) is 5.71 Å². The van der Waals surface area contributed by atoms with Gasteiger partial charge >= 0.3 is 0 Å². The fourth-order valence-electron chi connectivity index (χ4n) is 3.33. The lowest BCUT2D eigenvalue weighted by atomic mass is 10.0. The molecule has 0 aromatic heterocycles. The zero-order valence-electron chi connectivity index (χ0n) is 15.5. The van der Waals surface area contributed by atoms with Crippen molar-refractivity contribution in [3.63, 3.8) is 0 Å². The topological polar surface area (TPSA) is 15.6 Å². The summed E-state index contributed by atoms with van der Waals surface area (Å²) < 4.78 is 0.980. The molecule has 2 nitrogen and oxygen atoms in total. The maximum Gasteiger partial charge on any atom is 0.0845 e. The molecule has 0 bridgehead atoms. The van der Waals surface area contributed by atoms with Gasteiger partial charge in [0, 0.05) is 31.0 Å². The predicted molar refractivity (Wildman–Crippen MR) is 133 cm³/mol.